The number of anilines is 3. The molecule has 0 unspecified atom stereocenters. The Labute approximate surface area is 389 Å². The fourth-order valence-corrected chi connectivity index (χ4v) is 13.8. The maximum Gasteiger partial charge on any atom is 0.333 e. The SMILES string of the molecule is CC(C)(C)c1ccc(N2c3cc4c(cc3B3c5c(cc6c(c52)C(C)(C)c2ccccc2-6)-c2cccc5c6c(n3c25)-c2ccccc2C6(C)C)-c2ccccc2C4(C)C)c(-c2ccccc2)c1. The third-order valence-electron chi connectivity index (χ3n) is 16.9. The molecule has 0 fully saturated rings. The molecule has 66 heavy (non-hydrogen) atoms. The summed E-state index contributed by atoms with van der Waals surface area (Å²) < 4.78 is 2.83. The molecule has 318 valence electrons. The zero-order valence-electron chi connectivity index (χ0n) is 39.5. The van der Waals surface area contributed by atoms with E-state index in [4.69, 9.17) is 0 Å². The van der Waals surface area contributed by atoms with Crippen molar-refractivity contribution in [1.29, 1.82) is 0 Å². The Kier molecular flexibility index (Phi) is 7.18. The average Bonchev–Trinajstić information content (AvgIpc) is 3.94. The molecule has 14 rings (SSSR count). The summed E-state index contributed by atoms with van der Waals surface area (Å²) >= 11 is 0. The van der Waals surface area contributed by atoms with E-state index < -0.39 is 0 Å². The minimum absolute atomic E-state index is 0.0334. The molecular formula is C63H53BN2. The first-order chi connectivity index (χ1) is 31.7. The lowest BCUT2D eigenvalue weighted by molar-refractivity contribution is 0.590. The molecule has 9 aromatic rings. The Morgan fingerprint density at radius 3 is 1.76 bits per heavy atom. The van der Waals surface area contributed by atoms with E-state index in [1.165, 1.54) is 134 Å². The van der Waals surface area contributed by atoms with Crippen molar-refractivity contribution in [2.45, 2.75) is 84.0 Å². The van der Waals surface area contributed by atoms with Gasteiger partial charge in [0.1, 0.15) is 0 Å². The second-order valence-corrected chi connectivity index (χ2v) is 22.5. The summed E-state index contributed by atoms with van der Waals surface area (Å²) in [5.74, 6) is 0. The van der Waals surface area contributed by atoms with Crippen LogP contribution in [0.25, 0.3) is 66.7 Å². The van der Waals surface area contributed by atoms with Gasteiger partial charge in [-0.2, -0.15) is 0 Å². The van der Waals surface area contributed by atoms with Crippen molar-refractivity contribution in [2.75, 3.05) is 4.90 Å². The number of rotatable bonds is 2. The van der Waals surface area contributed by atoms with Crippen LogP contribution in [-0.4, -0.2) is 11.3 Å². The third kappa shape index (κ3) is 4.55. The smallest absolute Gasteiger partial charge is 0.333 e. The number of hydrogen-bond acceptors (Lipinski definition) is 1. The van der Waals surface area contributed by atoms with E-state index in [1.807, 2.05) is 0 Å². The second-order valence-electron chi connectivity index (χ2n) is 22.5. The van der Waals surface area contributed by atoms with Gasteiger partial charge in [-0.1, -0.05) is 196 Å². The van der Waals surface area contributed by atoms with Gasteiger partial charge in [0.25, 0.3) is 0 Å². The van der Waals surface area contributed by atoms with Gasteiger partial charge in [0, 0.05) is 60.9 Å². The Hall–Kier alpha value is -6.84. The van der Waals surface area contributed by atoms with E-state index in [2.05, 4.69) is 229 Å². The van der Waals surface area contributed by atoms with Crippen LogP contribution in [0.3, 0.4) is 0 Å². The highest BCUT2D eigenvalue weighted by molar-refractivity contribution is 6.90. The molecule has 0 saturated carbocycles. The maximum atomic E-state index is 2.83. The minimum atomic E-state index is -0.277. The van der Waals surface area contributed by atoms with Crippen LogP contribution in [-0.2, 0) is 21.7 Å². The standard InChI is InChI=1S/C63H53BN2/c1-60(2,3)37-30-31-52(43(32-37)36-20-11-10-12-21-36)65-53-35-50-44(38-22-13-16-27-47(38)61(50,4)5)34-51(53)64-56-46(33-45-39-23-14-17-28-48(39)62(6,7)55(45)59(56)65)40-25-19-26-42-54-58(66(64)57(40)42)41-24-15-18-29-49(41)63(54,8)9/h10-35H,1-9H3. The minimum Gasteiger partial charge on any atom is -0.375 e. The first-order valence-electron chi connectivity index (χ1n) is 24.1. The van der Waals surface area contributed by atoms with E-state index in [9.17, 15) is 0 Å². The van der Waals surface area contributed by atoms with Crippen LogP contribution in [0.5, 0.6) is 0 Å². The Bertz CT molecular complexity index is 3660. The summed E-state index contributed by atoms with van der Waals surface area (Å²) in [4.78, 5) is 2.76. The quantitative estimate of drug-likeness (QED) is 0.157. The van der Waals surface area contributed by atoms with Crippen molar-refractivity contribution in [1.82, 2.24) is 4.48 Å². The first kappa shape index (κ1) is 38.4. The molecular weight excluding hydrogens is 796 g/mol. The number of aromatic nitrogens is 1. The molecule has 2 aliphatic heterocycles. The summed E-state index contributed by atoms with van der Waals surface area (Å²) in [5.41, 5.74) is 30.4. The lowest BCUT2D eigenvalue weighted by Gasteiger charge is -2.44. The first-order valence-corrected chi connectivity index (χ1v) is 24.1. The van der Waals surface area contributed by atoms with Gasteiger partial charge in [0.05, 0.1) is 5.69 Å². The van der Waals surface area contributed by atoms with Crippen molar-refractivity contribution in [2.24, 2.45) is 0 Å². The molecule has 3 heteroatoms. The molecule has 0 spiro atoms. The van der Waals surface area contributed by atoms with Gasteiger partial charge in [0.15, 0.2) is 0 Å². The number of nitrogens with zero attached hydrogens (tertiary/aromatic N) is 2. The van der Waals surface area contributed by atoms with Gasteiger partial charge in [-0.25, -0.2) is 0 Å². The van der Waals surface area contributed by atoms with E-state index in [0.29, 0.717) is 0 Å². The van der Waals surface area contributed by atoms with Crippen LogP contribution >= 0.6 is 0 Å². The summed E-state index contributed by atoms with van der Waals surface area (Å²) in [6, 6.07) is 61.3. The molecule has 3 aliphatic carbocycles. The fourth-order valence-electron chi connectivity index (χ4n) is 13.8. The predicted octanol–water partition coefficient (Wildman–Crippen LogP) is 14.9. The Morgan fingerprint density at radius 2 is 1.05 bits per heavy atom. The highest BCUT2D eigenvalue weighted by Crippen LogP contribution is 2.61. The molecule has 0 atom stereocenters. The molecule has 5 aliphatic rings. The van der Waals surface area contributed by atoms with Crippen LogP contribution in [0.4, 0.5) is 17.1 Å². The molecule has 0 bridgehead atoms. The molecule has 2 nitrogen and oxygen atoms in total. The summed E-state index contributed by atoms with van der Waals surface area (Å²) in [5, 5.41) is 1.37. The molecule has 0 amide bonds. The van der Waals surface area contributed by atoms with Gasteiger partial charge in [-0.3, -0.25) is 0 Å². The van der Waals surface area contributed by atoms with E-state index in [-0.39, 0.29) is 28.5 Å². The molecule has 0 saturated heterocycles. The highest BCUT2D eigenvalue weighted by atomic mass is 15.2. The normalized spacial score (nSPS) is 16.6. The van der Waals surface area contributed by atoms with Gasteiger partial charge >= 0.3 is 6.85 Å². The lowest BCUT2D eigenvalue weighted by Crippen LogP contribution is -2.57. The number of fused-ring (bicyclic) bond motifs is 16. The van der Waals surface area contributed by atoms with Crippen molar-refractivity contribution < 1.29 is 0 Å². The largest absolute Gasteiger partial charge is 0.375 e. The van der Waals surface area contributed by atoms with Crippen LogP contribution in [0.2, 0.25) is 0 Å². The van der Waals surface area contributed by atoms with Gasteiger partial charge < -0.3 is 9.38 Å². The summed E-state index contributed by atoms with van der Waals surface area (Å²) in [6.45, 7) is 21.7. The zero-order valence-corrected chi connectivity index (χ0v) is 39.5. The topological polar surface area (TPSA) is 8.17 Å². The number of benzene rings is 8. The Morgan fingerprint density at radius 1 is 0.439 bits per heavy atom. The van der Waals surface area contributed by atoms with Crippen LogP contribution in [0, 0.1) is 0 Å². The van der Waals surface area contributed by atoms with Crippen molar-refractivity contribution in [3.63, 3.8) is 0 Å². The molecule has 0 N–H and O–H groups in total. The second kappa shape index (κ2) is 12.3. The van der Waals surface area contributed by atoms with E-state index in [1.54, 1.807) is 0 Å². The number of para-hydroxylation sites is 1. The highest BCUT2D eigenvalue weighted by Gasteiger charge is 2.52. The van der Waals surface area contributed by atoms with Crippen LogP contribution in [0.1, 0.15) is 101 Å². The molecule has 8 aromatic carbocycles. The third-order valence-corrected chi connectivity index (χ3v) is 16.9. The lowest BCUT2D eigenvalue weighted by atomic mass is 9.44. The van der Waals surface area contributed by atoms with Crippen molar-refractivity contribution >= 4 is 45.7 Å². The fraction of sp³-hybridized carbons (Fsp3) is 0.206. The van der Waals surface area contributed by atoms with E-state index >= 15 is 0 Å². The molecule has 3 heterocycles. The molecule has 1 aromatic heterocycles. The monoisotopic (exact) mass is 848 g/mol. The summed E-state index contributed by atoms with van der Waals surface area (Å²) in [6.07, 6.45) is 0. The summed E-state index contributed by atoms with van der Waals surface area (Å²) in [7, 11) is 0. The van der Waals surface area contributed by atoms with Crippen molar-refractivity contribution in [3.8, 4) is 55.8 Å². The average molecular weight is 849 g/mol. The number of hydrogen-bond donors (Lipinski definition) is 0. The zero-order chi connectivity index (χ0) is 45.0. The maximum absolute atomic E-state index is 2.83. The van der Waals surface area contributed by atoms with Gasteiger partial charge in [-0.05, 0) is 113 Å². The predicted molar refractivity (Wildman–Crippen MR) is 279 cm³/mol. The van der Waals surface area contributed by atoms with Crippen LogP contribution in [0.15, 0.2) is 158 Å². The van der Waals surface area contributed by atoms with Crippen LogP contribution < -0.4 is 15.8 Å². The van der Waals surface area contributed by atoms with E-state index in [0.717, 1.165) is 0 Å². The van der Waals surface area contributed by atoms with Crippen molar-refractivity contribution in [3.05, 3.63) is 197 Å². The Balaban J connectivity index is 1.21. The molecule has 0 radical (unpaired) electrons. The van der Waals surface area contributed by atoms with Gasteiger partial charge in [-0.15, -0.1) is 0 Å². The van der Waals surface area contributed by atoms with Gasteiger partial charge in [0.2, 0.25) is 0 Å².